The van der Waals surface area contributed by atoms with E-state index in [1.807, 2.05) is 39.0 Å². The van der Waals surface area contributed by atoms with Crippen LogP contribution in [0.15, 0.2) is 18.2 Å². The van der Waals surface area contributed by atoms with Crippen molar-refractivity contribution in [2.75, 3.05) is 6.54 Å². The van der Waals surface area contributed by atoms with E-state index in [9.17, 15) is 4.79 Å². The lowest BCUT2D eigenvalue weighted by molar-refractivity contribution is -0.133. The summed E-state index contributed by atoms with van der Waals surface area (Å²) in [6.07, 6.45) is 1.66. The van der Waals surface area contributed by atoms with Gasteiger partial charge in [0.05, 0.1) is 18.3 Å². The van der Waals surface area contributed by atoms with E-state index in [1.165, 1.54) is 0 Å². The predicted molar refractivity (Wildman–Crippen MR) is 72.9 cm³/mol. The Hall–Kier alpha value is -1.42. The summed E-state index contributed by atoms with van der Waals surface area (Å²) in [5.41, 5.74) is 7.75. The summed E-state index contributed by atoms with van der Waals surface area (Å²) in [4.78, 5) is 18.3. The van der Waals surface area contributed by atoms with Crippen molar-refractivity contribution in [2.45, 2.75) is 46.2 Å². The maximum atomic E-state index is 12.1. The highest BCUT2D eigenvalue weighted by Gasteiger charge is 2.19. The summed E-state index contributed by atoms with van der Waals surface area (Å²) in [5, 5.41) is 0. The van der Waals surface area contributed by atoms with Crippen molar-refractivity contribution in [1.82, 2.24) is 9.88 Å². The van der Waals surface area contributed by atoms with Crippen molar-refractivity contribution in [1.29, 1.82) is 0 Å². The van der Waals surface area contributed by atoms with Crippen LogP contribution in [0.2, 0.25) is 0 Å². The van der Waals surface area contributed by atoms with Gasteiger partial charge in [-0.25, -0.2) is 0 Å². The molecule has 0 radical (unpaired) electrons. The molecule has 100 valence electrons. The Morgan fingerprint density at radius 1 is 1.44 bits per heavy atom. The summed E-state index contributed by atoms with van der Waals surface area (Å²) >= 11 is 0. The quantitative estimate of drug-likeness (QED) is 0.837. The number of hydrogen-bond donors (Lipinski definition) is 1. The minimum Gasteiger partial charge on any atom is -0.336 e. The molecule has 0 unspecified atom stereocenters. The molecule has 0 bridgehead atoms. The smallest absolute Gasteiger partial charge is 0.239 e. The summed E-state index contributed by atoms with van der Waals surface area (Å²) in [5.74, 6) is 0.0163. The van der Waals surface area contributed by atoms with Crippen LogP contribution in [0.1, 0.15) is 38.1 Å². The largest absolute Gasteiger partial charge is 0.336 e. The molecule has 1 aromatic rings. The maximum absolute atomic E-state index is 12.1. The van der Waals surface area contributed by atoms with Crippen LogP contribution < -0.4 is 5.73 Å². The molecule has 1 heterocycles. The molecule has 0 saturated carbocycles. The number of aromatic nitrogens is 1. The number of carbonyl (C=O) groups excluding carboxylic acids is 1. The molecule has 0 aliphatic carbocycles. The third kappa shape index (κ3) is 4.11. The molecule has 18 heavy (non-hydrogen) atoms. The number of likely N-dealkylation sites (N-methyl/N-ethyl adjacent to an activating group) is 1. The van der Waals surface area contributed by atoms with E-state index in [2.05, 4.69) is 4.98 Å². The first-order valence-corrected chi connectivity index (χ1v) is 6.55. The molecule has 0 saturated heterocycles. The Morgan fingerprint density at radius 2 is 2.17 bits per heavy atom. The lowest BCUT2D eigenvalue weighted by atomic mass is 10.1. The third-order valence-electron chi connectivity index (χ3n) is 2.91. The Morgan fingerprint density at radius 3 is 2.72 bits per heavy atom. The van der Waals surface area contributed by atoms with Crippen LogP contribution >= 0.6 is 0 Å². The first kappa shape index (κ1) is 14.6. The molecule has 1 amide bonds. The number of nitrogens with two attached hydrogens (primary N) is 1. The van der Waals surface area contributed by atoms with Gasteiger partial charge in [-0.05, 0) is 32.4 Å². The molecule has 0 spiro atoms. The SMILES string of the molecule is CCC[C@@H](N)C(=O)N(CC)Cc1cccc(C)n1. The number of amides is 1. The average Bonchev–Trinajstić information content (AvgIpc) is 2.35. The zero-order valence-corrected chi connectivity index (χ0v) is 11.5. The van der Waals surface area contributed by atoms with Crippen LogP contribution in [-0.4, -0.2) is 28.4 Å². The minimum atomic E-state index is -0.389. The normalized spacial score (nSPS) is 12.2. The molecule has 0 fully saturated rings. The van der Waals surface area contributed by atoms with Crippen LogP contribution in [0.5, 0.6) is 0 Å². The molecule has 0 aliphatic heterocycles. The number of carbonyl (C=O) groups is 1. The van der Waals surface area contributed by atoms with E-state index in [0.717, 1.165) is 24.2 Å². The maximum Gasteiger partial charge on any atom is 0.239 e. The molecule has 0 aromatic carbocycles. The summed E-state index contributed by atoms with van der Waals surface area (Å²) < 4.78 is 0. The van der Waals surface area contributed by atoms with Crippen LogP contribution in [0.25, 0.3) is 0 Å². The zero-order valence-electron chi connectivity index (χ0n) is 11.5. The van der Waals surface area contributed by atoms with E-state index in [0.29, 0.717) is 13.1 Å². The fraction of sp³-hybridized carbons (Fsp3) is 0.571. The van der Waals surface area contributed by atoms with Gasteiger partial charge in [0, 0.05) is 12.2 Å². The molecule has 4 heteroatoms. The van der Waals surface area contributed by atoms with Gasteiger partial charge in [-0.15, -0.1) is 0 Å². The molecule has 2 N–H and O–H groups in total. The molecular weight excluding hydrogens is 226 g/mol. The van der Waals surface area contributed by atoms with Crippen molar-refractivity contribution in [3.05, 3.63) is 29.6 Å². The second-order valence-electron chi connectivity index (χ2n) is 4.52. The van der Waals surface area contributed by atoms with Gasteiger partial charge < -0.3 is 10.6 Å². The molecular formula is C14H23N3O. The lowest BCUT2D eigenvalue weighted by Crippen LogP contribution is -2.43. The van der Waals surface area contributed by atoms with E-state index in [4.69, 9.17) is 5.73 Å². The molecule has 1 rings (SSSR count). The molecule has 1 aromatic heterocycles. The van der Waals surface area contributed by atoms with Crippen molar-refractivity contribution >= 4 is 5.91 Å². The zero-order chi connectivity index (χ0) is 13.5. The molecule has 1 atom stereocenters. The standard InChI is InChI=1S/C14H23N3O/c1-4-7-13(15)14(18)17(5-2)10-12-9-6-8-11(3)16-12/h6,8-9,13H,4-5,7,10,15H2,1-3H3/t13-/m1/s1. The van der Waals surface area contributed by atoms with Gasteiger partial charge in [-0.1, -0.05) is 19.4 Å². The topological polar surface area (TPSA) is 59.2 Å². The number of hydrogen-bond acceptors (Lipinski definition) is 3. The van der Waals surface area contributed by atoms with Crippen LogP contribution in [0.4, 0.5) is 0 Å². The number of aryl methyl sites for hydroxylation is 1. The number of rotatable bonds is 6. The Kier molecular flexibility index (Phi) is 5.78. The number of pyridine rings is 1. The molecule has 0 aliphatic rings. The van der Waals surface area contributed by atoms with Gasteiger partial charge in [-0.2, -0.15) is 0 Å². The highest BCUT2D eigenvalue weighted by Crippen LogP contribution is 2.06. The minimum absolute atomic E-state index is 0.0163. The van der Waals surface area contributed by atoms with Crippen LogP contribution in [0, 0.1) is 6.92 Å². The van der Waals surface area contributed by atoms with Gasteiger partial charge in [0.1, 0.15) is 0 Å². The highest BCUT2D eigenvalue weighted by molar-refractivity contribution is 5.81. The summed E-state index contributed by atoms with van der Waals surface area (Å²) in [6, 6.07) is 5.46. The van der Waals surface area contributed by atoms with E-state index < -0.39 is 0 Å². The third-order valence-corrected chi connectivity index (χ3v) is 2.91. The van der Waals surface area contributed by atoms with E-state index >= 15 is 0 Å². The lowest BCUT2D eigenvalue weighted by Gasteiger charge is -2.24. The van der Waals surface area contributed by atoms with E-state index in [1.54, 1.807) is 4.90 Å². The second-order valence-corrected chi connectivity index (χ2v) is 4.52. The van der Waals surface area contributed by atoms with Crippen molar-refractivity contribution in [3.63, 3.8) is 0 Å². The summed E-state index contributed by atoms with van der Waals surface area (Å²) in [6.45, 7) is 7.14. The van der Waals surface area contributed by atoms with Crippen molar-refractivity contribution < 1.29 is 4.79 Å². The number of nitrogens with zero attached hydrogens (tertiary/aromatic N) is 2. The molecule has 4 nitrogen and oxygen atoms in total. The first-order chi connectivity index (χ1) is 8.58. The highest BCUT2D eigenvalue weighted by atomic mass is 16.2. The summed E-state index contributed by atoms with van der Waals surface area (Å²) in [7, 11) is 0. The van der Waals surface area contributed by atoms with Crippen LogP contribution in [0.3, 0.4) is 0 Å². The van der Waals surface area contributed by atoms with Gasteiger partial charge >= 0.3 is 0 Å². The van der Waals surface area contributed by atoms with E-state index in [-0.39, 0.29) is 11.9 Å². The Bertz CT molecular complexity index is 392. The fourth-order valence-electron chi connectivity index (χ4n) is 1.90. The van der Waals surface area contributed by atoms with Gasteiger partial charge in [0.15, 0.2) is 0 Å². The van der Waals surface area contributed by atoms with Crippen molar-refractivity contribution in [3.8, 4) is 0 Å². The first-order valence-electron chi connectivity index (χ1n) is 6.55. The monoisotopic (exact) mass is 249 g/mol. The van der Waals surface area contributed by atoms with Gasteiger partial charge in [0.2, 0.25) is 5.91 Å². The van der Waals surface area contributed by atoms with Gasteiger partial charge in [-0.3, -0.25) is 9.78 Å². The Labute approximate surface area is 109 Å². The predicted octanol–water partition coefficient (Wildman–Crippen LogP) is 1.87. The van der Waals surface area contributed by atoms with Crippen molar-refractivity contribution in [2.24, 2.45) is 5.73 Å². The second kappa shape index (κ2) is 7.11. The average molecular weight is 249 g/mol. The Balaban J connectivity index is 2.69. The van der Waals surface area contributed by atoms with Crippen LogP contribution in [-0.2, 0) is 11.3 Å². The fourth-order valence-corrected chi connectivity index (χ4v) is 1.90. The van der Waals surface area contributed by atoms with Gasteiger partial charge in [0.25, 0.3) is 0 Å².